The highest BCUT2D eigenvalue weighted by Crippen LogP contribution is 2.33. The van der Waals surface area contributed by atoms with E-state index in [1.54, 1.807) is 34.8 Å². The van der Waals surface area contributed by atoms with Crippen molar-refractivity contribution >= 4 is 52.7 Å². The Bertz CT molecular complexity index is 1360. The lowest BCUT2D eigenvalue weighted by Gasteiger charge is -2.25. The number of sulfonamides is 1. The molecule has 12 heteroatoms. The van der Waals surface area contributed by atoms with Crippen molar-refractivity contribution in [3.05, 3.63) is 48.2 Å². The third-order valence-electron chi connectivity index (χ3n) is 5.08. The van der Waals surface area contributed by atoms with Crippen molar-refractivity contribution in [3.8, 4) is 10.6 Å². The number of anilines is 2. The van der Waals surface area contributed by atoms with E-state index in [4.69, 9.17) is 0 Å². The molecule has 4 rings (SSSR count). The monoisotopic (exact) mass is 524 g/mol. The Kier molecular flexibility index (Phi) is 7.10. The van der Waals surface area contributed by atoms with E-state index in [1.807, 2.05) is 19.1 Å². The Balaban J connectivity index is 1.55. The standard InChI is InChI=1S/C21H24N4O4S4/c1-15-6-7-16(14-19(15)31-32(2,26)27)23-21-22-11-10-17(24-21)18-8-9-20(30-18)33(28,29)25-12-4-3-5-13-25/h6-11,14H,3-5,12-13H2,1-2H3,(H,22,23,24). The van der Waals surface area contributed by atoms with Crippen LogP contribution in [-0.4, -0.2) is 50.5 Å². The van der Waals surface area contributed by atoms with Gasteiger partial charge in [0, 0.05) is 46.9 Å². The average Bonchev–Trinajstić information content (AvgIpc) is 3.27. The molecule has 1 aliphatic rings. The van der Waals surface area contributed by atoms with Crippen LogP contribution in [0.15, 0.2) is 51.7 Å². The summed E-state index contributed by atoms with van der Waals surface area (Å²) in [5, 5.41) is 3.10. The summed E-state index contributed by atoms with van der Waals surface area (Å²) < 4.78 is 51.1. The van der Waals surface area contributed by atoms with Crippen LogP contribution in [0, 0.1) is 6.92 Å². The number of hydrogen-bond acceptors (Lipinski definition) is 9. The minimum atomic E-state index is -3.49. The van der Waals surface area contributed by atoms with E-state index in [1.165, 1.54) is 17.6 Å². The molecule has 0 spiro atoms. The van der Waals surface area contributed by atoms with E-state index in [9.17, 15) is 16.8 Å². The summed E-state index contributed by atoms with van der Waals surface area (Å²) in [7, 11) is -5.93. The molecule has 1 N–H and O–H groups in total. The van der Waals surface area contributed by atoms with Gasteiger partial charge in [-0.25, -0.2) is 26.8 Å². The van der Waals surface area contributed by atoms with Crippen molar-refractivity contribution in [3.63, 3.8) is 0 Å². The third-order valence-corrected chi connectivity index (χ3v) is 10.9. The molecule has 3 aromatic rings. The lowest BCUT2D eigenvalue weighted by Crippen LogP contribution is -2.35. The first kappa shape index (κ1) is 24.1. The van der Waals surface area contributed by atoms with Crippen molar-refractivity contribution in [2.24, 2.45) is 0 Å². The van der Waals surface area contributed by atoms with E-state index < -0.39 is 18.9 Å². The number of hydrogen-bond donors (Lipinski definition) is 1. The van der Waals surface area contributed by atoms with Crippen molar-refractivity contribution in [1.29, 1.82) is 0 Å². The summed E-state index contributed by atoms with van der Waals surface area (Å²) in [6.45, 7) is 2.97. The second-order valence-electron chi connectivity index (χ2n) is 7.74. The van der Waals surface area contributed by atoms with Gasteiger partial charge in [-0.2, -0.15) is 4.31 Å². The van der Waals surface area contributed by atoms with Crippen LogP contribution in [0.25, 0.3) is 10.6 Å². The van der Waals surface area contributed by atoms with Gasteiger partial charge < -0.3 is 5.32 Å². The number of nitrogens with zero attached hydrogens (tertiary/aromatic N) is 3. The molecule has 2 aromatic heterocycles. The molecule has 0 atom stereocenters. The van der Waals surface area contributed by atoms with E-state index in [0.29, 0.717) is 39.5 Å². The normalized spacial score (nSPS) is 15.5. The van der Waals surface area contributed by atoms with Gasteiger partial charge >= 0.3 is 0 Å². The van der Waals surface area contributed by atoms with E-state index in [-0.39, 0.29) is 0 Å². The maximum Gasteiger partial charge on any atom is 0.252 e. The second kappa shape index (κ2) is 9.71. The molecule has 0 radical (unpaired) electrons. The van der Waals surface area contributed by atoms with E-state index in [0.717, 1.165) is 40.5 Å². The molecule has 0 aliphatic carbocycles. The Labute approximate surface area is 201 Å². The number of piperidine rings is 1. The first-order valence-corrected chi connectivity index (χ1v) is 15.8. The molecule has 3 heterocycles. The number of rotatable bonds is 7. The van der Waals surface area contributed by atoms with Crippen LogP contribution in [-0.2, 0) is 18.9 Å². The fourth-order valence-corrected chi connectivity index (χ4v) is 8.61. The minimum absolute atomic E-state index is 0.313. The second-order valence-corrected chi connectivity index (χ2v) is 15.3. The summed E-state index contributed by atoms with van der Waals surface area (Å²) in [4.78, 5) is 10.1. The molecule has 1 fully saturated rings. The summed E-state index contributed by atoms with van der Waals surface area (Å²) in [6.07, 6.45) is 5.62. The Morgan fingerprint density at radius 1 is 1.03 bits per heavy atom. The Morgan fingerprint density at radius 3 is 2.52 bits per heavy atom. The number of aryl methyl sites for hydroxylation is 1. The molecule has 33 heavy (non-hydrogen) atoms. The van der Waals surface area contributed by atoms with Crippen LogP contribution in [0.2, 0.25) is 0 Å². The van der Waals surface area contributed by atoms with Gasteiger partial charge in [0.1, 0.15) is 4.21 Å². The van der Waals surface area contributed by atoms with Crippen LogP contribution in [0.1, 0.15) is 24.8 Å². The quantitative estimate of drug-likeness (QED) is 0.451. The van der Waals surface area contributed by atoms with Gasteiger partial charge in [0.05, 0.1) is 10.6 Å². The smallest absolute Gasteiger partial charge is 0.252 e. The van der Waals surface area contributed by atoms with Crippen LogP contribution in [0.5, 0.6) is 0 Å². The summed E-state index contributed by atoms with van der Waals surface area (Å²) in [5.74, 6) is 0.334. The topological polar surface area (TPSA) is 109 Å². The molecule has 0 saturated carbocycles. The van der Waals surface area contributed by atoms with E-state index >= 15 is 0 Å². The zero-order valence-electron chi connectivity index (χ0n) is 18.2. The third kappa shape index (κ3) is 5.93. The molecule has 0 amide bonds. The molecular weight excluding hydrogens is 501 g/mol. The average molecular weight is 525 g/mol. The first-order chi connectivity index (χ1) is 15.6. The van der Waals surface area contributed by atoms with Gasteiger partial charge in [-0.1, -0.05) is 12.5 Å². The summed E-state index contributed by atoms with van der Waals surface area (Å²) in [6, 6.07) is 10.5. The van der Waals surface area contributed by atoms with Crippen molar-refractivity contribution in [2.75, 3.05) is 24.7 Å². The molecule has 176 valence electrons. The molecule has 0 bridgehead atoms. The lowest BCUT2D eigenvalue weighted by molar-refractivity contribution is 0.347. The van der Waals surface area contributed by atoms with Gasteiger partial charge in [-0.05, 0) is 55.7 Å². The highest BCUT2D eigenvalue weighted by molar-refractivity contribution is 8.71. The minimum Gasteiger partial charge on any atom is -0.324 e. The molecule has 0 unspecified atom stereocenters. The van der Waals surface area contributed by atoms with Gasteiger partial charge in [-0.15, -0.1) is 11.3 Å². The largest absolute Gasteiger partial charge is 0.324 e. The molecule has 8 nitrogen and oxygen atoms in total. The van der Waals surface area contributed by atoms with Gasteiger partial charge in [0.15, 0.2) is 0 Å². The molecular formula is C21H24N4O4S4. The fourth-order valence-electron chi connectivity index (χ4n) is 3.44. The predicted octanol–water partition coefficient (Wildman–Crippen LogP) is 4.48. The van der Waals surface area contributed by atoms with E-state index in [2.05, 4.69) is 15.3 Å². The molecule has 1 aromatic carbocycles. The van der Waals surface area contributed by atoms with Crippen LogP contribution in [0.3, 0.4) is 0 Å². The zero-order valence-corrected chi connectivity index (χ0v) is 21.5. The summed E-state index contributed by atoms with van der Waals surface area (Å²) in [5.41, 5.74) is 2.12. The molecule has 1 saturated heterocycles. The van der Waals surface area contributed by atoms with Crippen molar-refractivity contribution < 1.29 is 16.8 Å². The van der Waals surface area contributed by atoms with Gasteiger partial charge in [0.2, 0.25) is 14.8 Å². The van der Waals surface area contributed by atoms with Crippen LogP contribution in [0.4, 0.5) is 11.6 Å². The molecule has 1 aliphatic heterocycles. The Morgan fingerprint density at radius 2 is 1.79 bits per heavy atom. The van der Waals surface area contributed by atoms with Gasteiger partial charge in [0.25, 0.3) is 10.0 Å². The predicted molar refractivity (Wildman–Crippen MR) is 133 cm³/mol. The summed E-state index contributed by atoms with van der Waals surface area (Å²) >= 11 is 1.19. The van der Waals surface area contributed by atoms with Crippen molar-refractivity contribution in [2.45, 2.75) is 35.3 Å². The number of benzene rings is 1. The first-order valence-electron chi connectivity index (χ1n) is 10.3. The highest BCUT2D eigenvalue weighted by atomic mass is 33.1. The highest BCUT2D eigenvalue weighted by Gasteiger charge is 2.27. The van der Waals surface area contributed by atoms with Gasteiger partial charge in [-0.3, -0.25) is 0 Å². The number of nitrogens with one attached hydrogen (secondary N) is 1. The van der Waals surface area contributed by atoms with Crippen molar-refractivity contribution in [1.82, 2.24) is 14.3 Å². The maximum absolute atomic E-state index is 12.9. The van der Waals surface area contributed by atoms with Crippen LogP contribution < -0.4 is 5.32 Å². The zero-order chi connectivity index (χ0) is 23.6. The lowest BCUT2D eigenvalue weighted by atomic mass is 10.2. The van der Waals surface area contributed by atoms with Crippen LogP contribution >= 0.6 is 22.1 Å². The number of aromatic nitrogens is 2. The number of thiophene rings is 1. The maximum atomic E-state index is 12.9. The SMILES string of the molecule is Cc1ccc(Nc2nccc(-c3ccc(S(=O)(=O)N4CCCCC4)s3)n2)cc1SS(C)(=O)=O. The fraction of sp³-hybridized carbons (Fsp3) is 0.333. The Hall–Kier alpha value is -1.99.